The molecule has 43 heavy (non-hydrogen) atoms. The molecular weight excluding hydrogens is 552 g/mol. The van der Waals surface area contributed by atoms with Gasteiger partial charge in [-0.1, -0.05) is 31.5 Å². The van der Waals surface area contributed by atoms with Gasteiger partial charge in [0.15, 0.2) is 18.2 Å². The number of hydrogen-bond donors (Lipinski definition) is 7. The van der Waals surface area contributed by atoms with Crippen molar-refractivity contribution in [1.82, 2.24) is 4.90 Å². The van der Waals surface area contributed by atoms with E-state index in [2.05, 4.69) is 4.99 Å². The molecule has 2 aromatic carbocycles. The van der Waals surface area contributed by atoms with Crippen molar-refractivity contribution in [3.63, 3.8) is 0 Å². The Morgan fingerprint density at radius 1 is 1.07 bits per heavy atom. The third-order valence-electron chi connectivity index (χ3n) is 7.71. The number of Topliss-reactive ketones (excluding diaryl/α,β-unsaturated/α-hetero) is 1. The average Bonchev–Trinajstić information content (AvgIpc) is 3.53. The van der Waals surface area contributed by atoms with Gasteiger partial charge in [0.2, 0.25) is 0 Å². The smallest absolute Gasteiger partial charge is 0.164 e. The maximum Gasteiger partial charge on any atom is 0.164 e. The number of rotatable bonds is 16. The molecular formula is C32H42N4O7. The quantitative estimate of drug-likeness (QED) is 0.142. The molecule has 0 amide bonds. The number of aliphatic hydroxyl groups excluding tert-OH is 3. The molecule has 0 unspecified atom stereocenters. The summed E-state index contributed by atoms with van der Waals surface area (Å²) in [5.41, 5.74) is 17.5. The van der Waals surface area contributed by atoms with Crippen LogP contribution < -0.4 is 16.2 Å². The number of nitrogens with zero attached hydrogens (tertiary/aromatic N) is 2. The lowest BCUT2D eigenvalue weighted by atomic mass is 9.94. The molecule has 2 atom stereocenters. The Morgan fingerprint density at radius 2 is 1.86 bits per heavy atom. The lowest BCUT2D eigenvalue weighted by molar-refractivity contribution is -0.121. The van der Waals surface area contributed by atoms with Crippen molar-refractivity contribution in [3.05, 3.63) is 76.1 Å². The molecule has 2 aliphatic rings. The molecule has 0 saturated heterocycles. The SMILES string of the molecule is CCC[C@H](O)C[C@@H](O)CC(=O)CCc1cc(OCN2C=C3C(Cc4cc(C(N)N)ccc4CO)=CN=C3C2)c(O)cc1O. The summed E-state index contributed by atoms with van der Waals surface area (Å²) in [6.07, 6.45) is 3.87. The van der Waals surface area contributed by atoms with Gasteiger partial charge in [-0.2, -0.15) is 0 Å². The summed E-state index contributed by atoms with van der Waals surface area (Å²) in [4.78, 5) is 18.9. The molecule has 0 bridgehead atoms. The fourth-order valence-electron chi connectivity index (χ4n) is 5.34. The van der Waals surface area contributed by atoms with Gasteiger partial charge in [0.25, 0.3) is 0 Å². The van der Waals surface area contributed by atoms with E-state index >= 15 is 0 Å². The summed E-state index contributed by atoms with van der Waals surface area (Å²) in [6, 6.07) is 8.25. The Hall–Kier alpha value is -3.74. The number of ether oxygens (including phenoxy) is 1. The predicted molar refractivity (Wildman–Crippen MR) is 162 cm³/mol. The number of fused-ring (bicyclic) bond motifs is 1. The lowest BCUT2D eigenvalue weighted by Crippen LogP contribution is -2.23. The zero-order chi connectivity index (χ0) is 31.1. The first-order chi connectivity index (χ1) is 20.6. The second-order valence-electron chi connectivity index (χ2n) is 11.2. The van der Waals surface area contributed by atoms with E-state index in [-0.39, 0.29) is 62.1 Å². The van der Waals surface area contributed by atoms with E-state index in [0.29, 0.717) is 24.9 Å². The van der Waals surface area contributed by atoms with Crippen LogP contribution in [0.5, 0.6) is 17.2 Å². The van der Waals surface area contributed by atoms with Crippen molar-refractivity contribution in [2.45, 2.75) is 76.9 Å². The van der Waals surface area contributed by atoms with Crippen LogP contribution in [0.1, 0.15) is 67.4 Å². The van der Waals surface area contributed by atoms with Gasteiger partial charge in [-0.15, -0.1) is 0 Å². The fraction of sp³-hybridized carbons (Fsp3) is 0.438. The molecule has 0 aliphatic carbocycles. The lowest BCUT2D eigenvalue weighted by Gasteiger charge is -2.18. The first-order valence-corrected chi connectivity index (χ1v) is 14.6. The number of hydrogen-bond acceptors (Lipinski definition) is 11. The van der Waals surface area contributed by atoms with Gasteiger partial charge in [-0.05, 0) is 53.2 Å². The summed E-state index contributed by atoms with van der Waals surface area (Å²) in [5.74, 6) is -0.402. The van der Waals surface area contributed by atoms with Crippen molar-refractivity contribution in [3.8, 4) is 17.2 Å². The topological polar surface area (TPSA) is 195 Å². The first kappa shape index (κ1) is 32.2. The minimum absolute atomic E-state index is 0.0692. The van der Waals surface area contributed by atoms with E-state index in [9.17, 15) is 30.3 Å². The van der Waals surface area contributed by atoms with Crippen molar-refractivity contribution >= 4 is 11.5 Å². The highest BCUT2D eigenvalue weighted by Gasteiger charge is 2.27. The largest absolute Gasteiger partial charge is 0.508 e. The van der Waals surface area contributed by atoms with Gasteiger partial charge >= 0.3 is 0 Å². The molecule has 11 heteroatoms. The maximum absolute atomic E-state index is 12.4. The van der Waals surface area contributed by atoms with Crippen molar-refractivity contribution < 1.29 is 35.1 Å². The van der Waals surface area contributed by atoms with Crippen LogP contribution in [0.3, 0.4) is 0 Å². The van der Waals surface area contributed by atoms with Gasteiger partial charge in [0.05, 0.1) is 37.2 Å². The van der Waals surface area contributed by atoms with Crippen LogP contribution in [0.25, 0.3) is 0 Å². The van der Waals surface area contributed by atoms with Gasteiger partial charge in [-0.25, -0.2) is 0 Å². The monoisotopic (exact) mass is 594 g/mol. The van der Waals surface area contributed by atoms with Crippen LogP contribution in [-0.2, 0) is 24.2 Å². The average molecular weight is 595 g/mol. The number of benzene rings is 2. The number of nitrogens with two attached hydrogens (primary N) is 2. The van der Waals surface area contributed by atoms with E-state index < -0.39 is 18.4 Å². The number of phenolic OH excluding ortho intramolecular Hbond substituents is 2. The first-order valence-electron chi connectivity index (χ1n) is 14.6. The molecule has 0 aromatic heterocycles. The van der Waals surface area contributed by atoms with E-state index in [1.807, 2.05) is 42.4 Å². The normalized spacial score (nSPS) is 15.7. The number of aryl methyl sites for hydroxylation is 1. The number of aliphatic hydroxyl groups is 3. The fourth-order valence-corrected chi connectivity index (χ4v) is 5.34. The Bertz CT molecular complexity index is 1400. The summed E-state index contributed by atoms with van der Waals surface area (Å²) in [6.45, 7) is 2.45. The number of phenols is 2. The summed E-state index contributed by atoms with van der Waals surface area (Å²) < 4.78 is 5.88. The number of ketones is 1. The molecule has 2 aliphatic heterocycles. The van der Waals surface area contributed by atoms with E-state index in [1.54, 1.807) is 0 Å². The summed E-state index contributed by atoms with van der Waals surface area (Å²) in [5, 5.41) is 50.5. The molecule has 232 valence electrons. The molecule has 4 rings (SSSR count). The van der Waals surface area contributed by atoms with Crippen LogP contribution in [0.4, 0.5) is 0 Å². The Labute approximate surface area is 251 Å². The molecule has 0 saturated carbocycles. The Morgan fingerprint density at radius 3 is 2.58 bits per heavy atom. The number of carbonyl (C=O) groups is 1. The number of aromatic hydroxyl groups is 2. The molecule has 0 fully saturated rings. The van der Waals surface area contributed by atoms with E-state index in [1.165, 1.54) is 12.1 Å². The minimum atomic E-state index is -0.915. The zero-order valence-electron chi connectivity index (χ0n) is 24.4. The van der Waals surface area contributed by atoms with Crippen LogP contribution in [0, 0.1) is 0 Å². The molecule has 2 aromatic rings. The summed E-state index contributed by atoms with van der Waals surface area (Å²) >= 11 is 0. The molecule has 0 spiro atoms. The van der Waals surface area contributed by atoms with E-state index in [0.717, 1.165) is 40.0 Å². The second kappa shape index (κ2) is 14.6. The molecule has 0 radical (unpaired) electrons. The third kappa shape index (κ3) is 8.43. The summed E-state index contributed by atoms with van der Waals surface area (Å²) in [7, 11) is 0. The second-order valence-corrected chi connectivity index (χ2v) is 11.2. The molecule has 2 heterocycles. The van der Waals surface area contributed by atoms with Crippen molar-refractivity contribution in [2.24, 2.45) is 16.5 Å². The highest BCUT2D eigenvalue weighted by atomic mass is 16.5. The Kier molecular flexibility index (Phi) is 10.9. The maximum atomic E-state index is 12.4. The standard InChI is InChI=1S/C32H42N4O7/c1-2-3-24(38)11-26(40)12-25(39)7-6-19-10-31(30(42)13-29(19)41)43-18-36-15-27-23(14-35-28(27)16-36)9-22-8-20(32(33)34)4-5-21(22)17-37/h4-5,8,10,13-15,24,26,32,37-38,40-42H,2-3,6-7,9,11-12,16-18,33-34H2,1H3/t24-,26+/m0/s1. The van der Waals surface area contributed by atoms with E-state index in [4.69, 9.17) is 16.2 Å². The van der Waals surface area contributed by atoms with Crippen molar-refractivity contribution in [1.29, 1.82) is 0 Å². The highest BCUT2D eigenvalue weighted by molar-refractivity contribution is 6.09. The van der Waals surface area contributed by atoms with Crippen LogP contribution in [0.15, 0.2) is 58.9 Å². The van der Waals surface area contributed by atoms with Crippen molar-refractivity contribution in [2.75, 3.05) is 13.3 Å². The van der Waals surface area contributed by atoms with Crippen LogP contribution >= 0.6 is 0 Å². The third-order valence-corrected chi connectivity index (χ3v) is 7.71. The Balaban J connectivity index is 1.34. The minimum Gasteiger partial charge on any atom is -0.508 e. The highest BCUT2D eigenvalue weighted by Crippen LogP contribution is 2.35. The zero-order valence-corrected chi connectivity index (χ0v) is 24.4. The van der Waals surface area contributed by atoms with Crippen LogP contribution in [-0.4, -0.2) is 67.4 Å². The van der Waals surface area contributed by atoms with Gasteiger partial charge in [-0.3, -0.25) is 9.79 Å². The predicted octanol–water partition coefficient (Wildman–Crippen LogP) is 2.43. The number of allylic oxidation sites excluding steroid dienone is 1. The molecule has 11 nitrogen and oxygen atoms in total. The van der Waals surface area contributed by atoms with Gasteiger partial charge in [0.1, 0.15) is 11.5 Å². The molecule has 9 N–H and O–H groups in total. The van der Waals surface area contributed by atoms with Gasteiger partial charge < -0.3 is 46.6 Å². The van der Waals surface area contributed by atoms with Gasteiger partial charge in [0, 0.05) is 43.3 Å². The van der Waals surface area contributed by atoms with Crippen LogP contribution in [0.2, 0.25) is 0 Å². The number of carbonyl (C=O) groups excluding carboxylic acids is 1. The number of aliphatic imine (C=N–C) groups is 1.